The van der Waals surface area contributed by atoms with Crippen molar-refractivity contribution < 1.29 is 4.74 Å². The first-order valence-electron chi connectivity index (χ1n) is 6.57. The Hall–Kier alpha value is -0.120. The van der Waals surface area contributed by atoms with Crippen LogP contribution in [0.3, 0.4) is 0 Å². The summed E-state index contributed by atoms with van der Waals surface area (Å²) in [5, 5.41) is 3.68. The summed E-state index contributed by atoms with van der Waals surface area (Å²) in [5.74, 6) is 0. The maximum Gasteiger partial charge on any atom is 0.0693 e. The van der Waals surface area contributed by atoms with Crippen molar-refractivity contribution in [2.24, 2.45) is 0 Å². The molecule has 2 unspecified atom stereocenters. The summed E-state index contributed by atoms with van der Waals surface area (Å²) >= 11 is 0. The van der Waals surface area contributed by atoms with Gasteiger partial charge in [-0.1, -0.05) is 0 Å². The van der Waals surface area contributed by atoms with Gasteiger partial charge in [0.2, 0.25) is 0 Å². The Labute approximate surface area is 101 Å². The van der Waals surface area contributed by atoms with Crippen LogP contribution in [-0.2, 0) is 4.74 Å². The SMILES string of the molecule is COC(C)C(C)NC1CCN(C(C)C)CC1. The number of rotatable bonds is 5. The third-order valence-electron chi connectivity index (χ3n) is 3.83. The number of hydrogen-bond donors (Lipinski definition) is 1. The molecule has 1 aliphatic rings. The molecule has 0 radical (unpaired) electrons. The molecule has 0 spiro atoms. The molecule has 0 aromatic carbocycles. The molecule has 0 aliphatic carbocycles. The van der Waals surface area contributed by atoms with Crippen molar-refractivity contribution in [2.75, 3.05) is 20.2 Å². The number of nitrogens with one attached hydrogen (secondary N) is 1. The Morgan fingerprint density at radius 1 is 1.12 bits per heavy atom. The molecule has 0 aromatic heterocycles. The fourth-order valence-corrected chi connectivity index (χ4v) is 2.29. The summed E-state index contributed by atoms with van der Waals surface area (Å²) in [6.45, 7) is 11.4. The van der Waals surface area contributed by atoms with Crippen molar-refractivity contribution in [2.45, 2.75) is 64.8 Å². The zero-order valence-electron chi connectivity index (χ0n) is 11.5. The van der Waals surface area contributed by atoms with E-state index in [2.05, 4.69) is 37.9 Å². The van der Waals surface area contributed by atoms with E-state index < -0.39 is 0 Å². The molecular weight excluding hydrogens is 200 g/mol. The third kappa shape index (κ3) is 4.04. The highest BCUT2D eigenvalue weighted by Gasteiger charge is 2.23. The van der Waals surface area contributed by atoms with Crippen LogP contribution in [-0.4, -0.2) is 49.3 Å². The molecule has 1 heterocycles. The van der Waals surface area contributed by atoms with Gasteiger partial charge in [0.05, 0.1) is 6.10 Å². The Balaban J connectivity index is 2.26. The standard InChI is InChI=1S/C13H28N2O/c1-10(2)15-8-6-13(7-9-15)14-11(3)12(4)16-5/h10-14H,6-9H2,1-5H3. The van der Waals surface area contributed by atoms with Crippen LogP contribution in [0.5, 0.6) is 0 Å². The Kier molecular flexibility index (Phi) is 5.73. The second-order valence-corrected chi connectivity index (χ2v) is 5.30. The first kappa shape index (κ1) is 13.9. The molecule has 1 saturated heterocycles. The van der Waals surface area contributed by atoms with Gasteiger partial charge in [-0.3, -0.25) is 0 Å². The Morgan fingerprint density at radius 2 is 1.69 bits per heavy atom. The summed E-state index contributed by atoms with van der Waals surface area (Å²) in [7, 11) is 1.78. The van der Waals surface area contributed by atoms with Gasteiger partial charge in [-0.15, -0.1) is 0 Å². The number of nitrogens with zero attached hydrogens (tertiary/aromatic N) is 1. The van der Waals surface area contributed by atoms with Gasteiger partial charge in [-0.2, -0.15) is 0 Å². The van der Waals surface area contributed by atoms with Crippen molar-refractivity contribution in [1.29, 1.82) is 0 Å². The van der Waals surface area contributed by atoms with Crippen LogP contribution in [0.15, 0.2) is 0 Å². The maximum absolute atomic E-state index is 5.34. The summed E-state index contributed by atoms with van der Waals surface area (Å²) in [6, 6.07) is 1.81. The van der Waals surface area contributed by atoms with Crippen LogP contribution < -0.4 is 5.32 Å². The molecule has 1 aliphatic heterocycles. The van der Waals surface area contributed by atoms with E-state index in [-0.39, 0.29) is 0 Å². The van der Waals surface area contributed by atoms with Gasteiger partial charge >= 0.3 is 0 Å². The van der Waals surface area contributed by atoms with Crippen molar-refractivity contribution in [3.8, 4) is 0 Å². The van der Waals surface area contributed by atoms with Crippen molar-refractivity contribution in [3.05, 3.63) is 0 Å². The van der Waals surface area contributed by atoms with Crippen LogP contribution in [0.4, 0.5) is 0 Å². The molecule has 1 rings (SSSR count). The first-order chi connectivity index (χ1) is 7.54. The monoisotopic (exact) mass is 228 g/mol. The highest BCUT2D eigenvalue weighted by Crippen LogP contribution is 2.14. The van der Waals surface area contributed by atoms with Gasteiger partial charge < -0.3 is 15.0 Å². The molecule has 16 heavy (non-hydrogen) atoms. The number of likely N-dealkylation sites (tertiary alicyclic amines) is 1. The predicted molar refractivity (Wildman–Crippen MR) is 68.8 cm³/mol. The van der Waals surface area contributed by atoms with E-state index in [0.29, 0.717) is 24.2 Å². The second-order valence-electron chi connectivity index (χ2n) is 5.30. The van der Waals surface area contributed by atoms with Gasteiger partial charge in [-0.25, -0.2) is 0 Å². The van der Waals surface area contributed by atoms with E-state index in [1.165, 1.54) is 25.9 Å². The quantitative estimate of drug-likeness (QED) is 0.777. The van der Waals surface area contributed by atoms with Crippen molar-refractivity contribution in [1.82, 2.24) is 10.2 Å². The van der Waals surface area contributed by atoms with Crippen LogP contribution in [0.25, 0.3) is 0 Å². The maximum atomic E-state index is 5.34. The minimum atomic E-state index is 0.295. The van der Waals surface area contributed by atoms with E-state index in [1.807, 2.05) is 0 Å². The largest absolute Gasteiger partial charge is 0.380 e. The van der Waals surface area contributed by atoms with E-state index >= 15 is 0 Å². The Bertz CT molecular complexity index is 188. The third-order valence-corrected chi connectivity index (χ3v) is 3.83. The molecule has 0 amide bonds. The molecule has 0 bridgehead atoms. The van der Waals surface area contributed by atoms with Gasteiger partial charge in [-0.05, 0) is 53.6 Å². The molecule has 1 fully saturated rings. The van der Waals surface area contributed by atoms with E-state index in [4.69, 9.17) is 4.74 Å². The lowest BCUT2D eigenvalue weighted by molar-refractivity contribution is 0.0761. The highest BCUT2D eigenvalue weighted by molar-refractivity contribution is 4.82. The normalized spacial score (nSPS) is 23.6. The zero-order chi connectivity index (χ0) is 12.1. The molecule has 96 valence electrons. The first-order valence-corrected chi connectivity index (χ1v) is 6.57. The van der Waals surface area contributed by atoms with Crippen LogP contribution >= 0.6 is 0 Å². The van der Waals surface area contributed by atoms with E-state index in [9.17, 15) is 0 Å². The highest BCUT2D eigenvalue weighted by atomic mass is 16.5. The van der Waals surface area contributed by atoms with Gasteiger partial charge in [0.25, 0.3) is 0 Å². The number of methoxy groups -OCH3 is 1. The molecule has 3 nitrogen and oxygen atoms in total. The Morgan fingerprint density at radius 3 is 2.12 bits per heavy atom. The lowest BCUT2D eigenvalue weighted by Gasteiger charge is -2.36. The van der Waals surface area contributed by atoms with E-state index in [0.717, 1.165) is 0 Å². The lowest BCUT2D eigenvalue weighted by atomic mass is 10.0. The van der Waals surface area contributed by atoms with Crippen molar-refractivity contribution >= 4 is 0 Å². The summed E-state index contributed by atoms with van der Waals surface area (Å²) < 4.78 is 5.34. The van der Waals surface area contributed by atoms with Crippen molar-refractivity contribution in [3.63, 3.8) is 0 Å². The minimum absolute atomic E-state index is 0.295. The number of piperidine rings is 1. The van der Waals surface area contributed by atoms with E-state index in [1.54, 1.807) is 7.11 Å². The minimum Gasteiger partial charge on any atom is -0.380 e. The van der Waals surface area contributed by atoms with Crippen LogP contribution in [0.1, 0.15) is 40.5 Å². The molecule has 1 N–H and O–H groups in total. The smallest absolute Gasteiger partial charge is 0.0693 e. The average molecular weight is 228 g/mol. The summed E-state index contributed by atoms with van der Waals surface area (Å²) in [6.07, 6.45) is 2.82. The van der Waals surface area contributed by atoms with Crippen LogP contribution in [0, 0.1) is 0 Å². The molecule has 0 aromatic rings. The number of hydrogen-bond acceptors (Lipinski definition) is 3. The molecular formula is C13H28N2O. The fourth-order valence-electron chi connectivity index (χ4n) is 2.29. The zero-order valence-corrected chi connectivity index (χ0v) is 11.5. The summed E-state index contributed by atoms with van der Waals surface area (Å²) in [4.78, 5) is 2.56. The molecule has 2 atom stereocenters. The molecule has 0 saturated carbocycles. The fraction of sp³-hybridized carbons (Fsp3) is 1.00. The van der Waals surface area contributed by atoms with Gasteiger partial charge in [0.1, 0.15) is 0 Å². The summed E-state index contributed by atoms with van der Waals surface area (Å²) in [5.41, 5.74) is 0. The van der Waals surface area contributed by atoms with Gasteiger partial charge in [0.15, 0.2) is 0 Å². The topological polar surface area (TPSA) is 24.5 Å². The molecule has 3 heteroatoms. The van der Waals surface area contributed by atoms with Gasteiger partial charge in [0, 0.05) is 25.2 Å². The number of ether oxygens (including phenoxy) is 1. The lowest BCUT2D eigenvalue weighted by Crippen LogP contribution is -2.49. The predicted octanol–water partition coefficient (Wildman–Crippen LogP) is 1.87. The average Bonchev–Trinajstić information content (AvgIpc) is 2.28. The van der Waals surface area contributed by atoms with Crippen LogP contribution in [0.2, 0.25) is 0 Å². The second kappa shape index (κ2) is 6.58.